The molecule has 0 saturated carbocycles. The van der Waals surface area contributed by atoms with Crippen molar-refractivity contribution in [1.82, 2.24) is 9.97 Å². The van der Waals surface area contributed by atoms with Crippen LogP contribution in [0.2, 0.25) is 6.04 Å². The summed E-state index contributed by atoms with van der Waals surface area (Å²) in [5.41, 5.74) is 0. The van der Waals surface area contributed by atoms with Gasteiger partial charge < -0.3 is 27.7 Å². The molecule has 1 aromatic rings. The summed E-state index contributed by atoms with van der Waals surface area (Å²) in [6.07, 6.45) is 4.54. The fourth-order valence-corrected chi connectivity index (χ4v) is 5.11. The Morgan fingerprint density at radius 1 is 1.17 bits per heavy atom. The number of rotatable bonds is 13. The smallest absolute Gasteiger partial charge is 0.379 e. The van der Waals surface area contributed by atoms with E-state index in [-0.39, 0.29) is 12.2 Å². The van der Waals surface area contributed by atoms with Gasteiger partial charge in [-0.05, 0) is 27.2 Å². The summed E-state index contributed by atoms with van der Waals surface area (Å²) >= 11 is 0. The number of H-pyrrole nitrogens is 1. The molecule has 7 nitrogen and oxygen atoms in total. The number of nitrogens with zero attached hydrogens (tertiary/aromatic N) is 1. The molecule has 2 rings (SSSR count). The number of hydrogen-bond acceptors (Lipinski definition) is 6. The molecular formula is C15H28N2O5Si. The predicted molar refractivity (Wildman–Crippen MR) is 87.1 cm³/mol. The lowest BCUT2D eigenvalue weighted by molar-refractivity contribution is 0.0648. The Morgan fingerprint density at radius 2 is 1.87 bits per heavy atom. The first-order valence-corrected chi connectivity index (χ1v) is 10.3. The maximum Gasteiger partial charge on any atom is 0.501 e. The van der Waals surface area contributed by atoms with Gasteiger partial charge in [-0.2, -0.15) is 0 Å². The van der Waals surface area contributed by atoms with Gasteiger partial charge in [0.15, 0.2) is 0 Å². The van der Waals surface area contributed by atoms with E-state index in [1.807, 2.05) is 20.8 Å². The van der Waals surface area contributed by atoms with E-state index in [9.17, 15) is 0 Å². The normalized spacial score (nSPS) is 20.8. The Labute approximate surface area is 139 Å². The van der Waals surface area contributed by atoms with Crippen molar-refractivity contribution < 1.29 is 22.8 Å². The average Bonchev–Trinajstić information content (AvgIpc) is 3.09. The average molecular weight is 344 g/mol. The van der Waals surface area contributed by atoms with E-state index in [0.717, 1.165) is 18.3 Å². The number of aromatic nitrogens is 2. The molecule has 1 aromatic heterocycles. The lowest BCUT2D eigenvalue weighted by Crippen LogP contribution is -2.46. The monoisotopic (exact) mass is 344 g/mol. The second-order valence-electron chi connectivity index (χ2n) is 5.23. The second-order valence-corrected chi connectivity index (χ2v) is 7.96. The van der Waals surface area contributed by atoms with E-state index in [4.69, 9.17) is 22.8 Å². The summed E-state index contributed by atoms with van der Waals surface area (Å²) in [6.45, 7) is 8.94. The fourth-order valence-electron chi connectivity index (χ4n) is 2.53. The van der Waals surface area contributed by atoms with Gasteiger partial charge in [-0.15, -0.1) is 0 Å². The minimum Gasteiger partial charge on any atom is -0.379 e. The van der Waals surface area contributed by atoms with Gasteiger partial charge in [0.05, 0.1) is 6.61 Å². The highest BCUT2D eigenvalue weighted by molar-refractivity contribution is 6.60. The van der Waals surface area contributed by atoms with E-state index in [2.05, 4.69) is 9.97 Å². The van der Waals surface area contributed by atoms with Crippen molar-refractivity contribution in [3.05, 3.63) is 18.2 Å². The van der Waals surface area contributed by atoms with Crippen LogP contribution in [0.5, 0.6) is 0 Å². The van der Waals surface area contributed by atoms with Crippen LogP contribution in [0, 0.1) is 0 Å². The standard InChI is InChI=1S/C15H28N2O5Si/c1-4-19-23(20-5-2,21-6-3)11-7-10-18-12-13-14(22-13)15-16-8-9-17-15/h8-9,13-14H,4-7,10-12H2,1-3H3,(H,16,17). The van der Waals surface area contributed by atoms with Gasteiger partial charge in [0.25, 0.3) is 0 Å². The van der Waals surface area contributed by atoms with Gasteiger partial charge in [-0.3, -0.25) is 0 Å². The van der Waals surface area contributed by atoms with Crippen LogP contribution in [-0.4, -0.2) is 57.9 Å². The largest absolute Gasteiger partial charge is 0.501 e. The molecule has 23 heavy (non-hydrogen) atoms. The van der Waals surface area contributed by atoms with E-state index >= 15 is 0 Å². The van der Waals surface area contributed by atoms with Crippen LogP contribution in [0.25, 0.3) is 0 Å². The van der Waals surface area contributed by atoms with Gasteiger partial charge >= 0.3 is 8.80 Å². The first-order chi connectivity index (χ1) is 11.2. The first kappa shape index (κ1) is 18.6. The van der Waals surface area contributed by atoms with Crippen molar-refractivity contribution in [3.63, 3.8) is 0 Å². The number of imidazole rings is 1. The molecule has 8 heteroatoms. The summed E-state index contributed by atoms with van der Waals surface area (Å²) in [5, 5.41) is 0. The molecule has 0 aromatic carbocycles. The zero-order chi connectivity index (χ0) is 16.5. The number of hydrogen-bond donors (Lipinski definition) is 1. The van der Waals surface area contributed by atoms with Crippen LogP contribution in [0.15, 0.2) is 12.4 Å². The van der Waals surface area contributed by atoms with Gasteiger partial charge in [0.2, 0.25) is 0 Å². The van der Waals surface area contributed by atoms with Crippen LogP contribution in [0.3, 0.4) is 0 Å². The summed E-state index contributed by atoms with van der Waals surface area (Å²) in [5.74, 6) is 0.870. The molecule has 132 valence electrons. The Kier molecular flexibility index (Phi) is 7.67. The number of aromatic amines is 1. The van der Waals surface area contributed by atoms with Gasteiger partial charge in [0, 0.05) is 44.9 Å². The first-order valence-electron chi connectivity index (χ1n) is 8.39. The maximum absolute atomic E-state index is 5.82. The fraction of sp³-hybridized carbons (Fsp3) is 0.800. The topological polar surface area (TPSA) is 78.1 Å². The molecule has 0 bridgehead atoms. The second kappa shape index (κ2) is 9.51. The minimum absolute atomic E-state index is 0.0498. The molecule has 0 spiro atoms. The van der Waals surface area contributed by atoms with Gasteiger partial charge in [-0.25, -0.2) is 4.98 Å². The quantitative estimate of drug-likeness (QED) is 0.336. The highest BCUT2D eigenvalue weighted by Gasteiger charge is 2.42. The Balaban J connectivity index is 1.63. The molecule has 0 amide bonds. The van der Waals surface area contributed by atoms with Crippen molar-refractivity contribution >= 4 is 8.80 Å². The van der Waals surface area contributed by atoms with Crippen molar-refractivity contribution in [2.24, 2.45) is 0 Å². The Hall–Kier alpha value is -0.773. The zero-order valence-corrected chi connectivity index (χ0v) is 15.2. The van der Waals surface area contributed by atoms with E-state index in [1.54, 1.807) is 12.4 Å². The number of epoxide rings is 1. The van der Waals surface area contributed by atoms with E-state index < -0.39 is 8.80 Å². The predicted octanol–water partition coefficient (Wildman–Crippen LogP) is 2.30. The molecule has 2 unspecified atom stereocenters. The molecule has 1 aliphatic rings. The van der Waals surface area contributed by atoms with Crippen molar-refractivity contribution in [1.29, 1.82) is 0 Å². The third-order valence-corrected chi connectivity index (χ3v) is 6.67. The van der Waals surface area contributed by atoms with Crippen molar-refractivity contribution in [3.8, 4) is 0 Å². The Bertz CT molecular complexity index is 414. The molecule has 1 aliphatic heterocycles. The molecule has 0 radical (unpaired) electrons. The lowest BCUT2D eigenvalue weighted by Gasteiger charge is -2.28. The maximum atomic E-state index is 5.82. The lowest BCUT2D eigenvalue weighted by atomic mass is 10.3. The van der Waals surface area contributed by atoms with E-state index in [0.29, 0.717) is 33.0 Å². The highest BCUT2D eigenvalue weighted by atomic mass is 28.4. The van der Waals surface area contributed by atoms with Gasteiger partial charge in [-0.1, -0.05) is 0 Å². The molecule has 2 atom stereocenters. The molecule has 0 aliphatic carbocycles. The van der Waals surface area contributed by atoms with E-state index in [1.165, 1.54) is 0 Å². The molecule has 1 fully saturated rings. The van der Waals surface area contributed by atoms with Crippen LogP contribution < -0.4 is 0 Å². The van der Waals surface area contributed by atoms with Crippen LogP contribution in [0.1, 0.15) is 39.1 Å². The molecular weight excluding hydrogens is 316 g/mol. The Morgan fingerprint density at radius 3 is 2.43 bits per heavy atom. The van der Waals surface area contributed by atoms with Crippen LogP contribution in [0.4, 0.5) is 0 Å². The third-order valence-electron chi connectivity index (χ3n) is 3.52. The van der Waals surface area contributed by atoms with Crippen LogP contribution >= 0.6 is 0 Å². The number of ether oxygens (including phenoxy) is 2. The summed E-state index contributed by atoms with van der Waals surface area (Å²) in [6, 6.07) is 0.773. The van der Waals surface area contributed by atoms with Gasteiger partial charge in [0.1, 0.15) is 18.0 Å². The van der Waals surface area contributed by atoms with Crippen molar-refractivity contribution in [2.45, 2.75) is 45.4 Å². The van der Waals surface area contributed by atoms with Crippen molar-refractivity contribution in [2.75, 3.05) is 33.0 Å². The SMILES string of the molecule is CCO[Si](CCCOCC1OC1c1ncc[nH]1)(OCC)OCC. The zero-order valence-electron chi connectivity index (χ0n) is 14.2. The summed E-state index contributed by atoms with van der Waals surface area (Å²) in [7, 11) is -2.54. The number of nitrogens with one attached hydrogen (secondary N) is 1. The molecule has 1 N–H and O–H groups in total. The minimum atomic E-state index is -2.54. The third kappa shape index (κ3) is 5.66. The highest BCUT2D eigenvalue weighted by Crippen LogP contribution is 2.36. The molecule has 2 heterocycles. The summed E-state index contributed by atoms with van der Waals surface area (Å²) < 4.78 is 28.7. The van der Waals surface area contributed by atoms with Crippen LogP contribution in [-0.2, 0) is 22.8 Å². The molecule has 1 saturated heterocycles. The summed E-state index contributed by atoms with van der Waals surface area (Å²) in [4.78, 5) is 7.24.